The Balaban J connectivity index is 1.58. The van der Waals surface area contributed by atoms with E-state index in [0.29, 0.717) is 28.0 Å². The van der Waals surface area contributed by atoms with Crippen LogP contribution in [-0.2, 0) is 22.8 Å². The first kappa shape index (κ1) is 21.8. The van der Waals surface area contributed by atoms with Crippen molar-refractivity contribution in [2.75, 3.05) is 6.26 Å². The molecule has 4 rings (SSSR count). The Morgan fingerprint density at radius 3 is 2.38 bits per heavy atom. The number of fused-ring (bicyclic) bond motifs is 1. The van der Waals surface area contributed by atoms with Gasteiger partial charge in [-0.05, 0) is 47.4 Å². The van der Waals surface area contributed by atoms with Crippen molar-refractivity contribution in [2.45, 2.75) is 17.9 Å². The highest BCUT2D eigenvalue weighted by Crippen LogP contribution is 2.12. The van der Waals surface area contributed by atoms with E-state index in [0.717, 1.165) is 17.4 Å². The summed E-state index contributed by atoms with van der Waals surface area (Å²) in [7, 11) is -3.27. The van der Waals surface area contributed by atoms with Gasteiger partial charge in [0.25, 0.3) is 5.56 Å². The molecule has 6 nitrogen and oxygen atoms in total. The van der Waals surface area contributed by atoms with E-state index in [9.17, 15) is 13.2 Å². The first-order valence-corrected chi connectivity index (χ1v) is 11.9. The molecular weight excluding hydrogens is 446 g/mol. The summed E-state index contributed by atoms with van der Waals surface area (Å²) < 4.78 is 24.7. The van der Waals surface area contributed by atoms with Gasteiger partial charge in [0, 0.05) is 17.7 Å². The number of benzene rings is 2. The summed E-state index contributed by atoms with van der Waals surface area (Å²) in [6.45, 7) is 0.270. The Labute approximate surface area is 190 Å². The summed E-state index contributed by atoms with van der Waals surface area (Å²) in [5.41, 5.74) is 2.58. The standard InChI is InChI=1S/C24H18ClN3O3S/c1-32(30,31)21-11-7-18(8-12-21)15-28-16-27-23-14-26-20(13-22(23)24(28)29)4-2-3-17-5-9-19(25)10-6-17/h5-14,16H,3,15H2,1H3. The predicted octanol–water partition coefficient (Wildman–Crippen LogP) is 3.49. The number of pyridine rings is 1. The Kier molecular flexibility index (Phi) is 6.08. The van der Waals surface area contributed by atoms with Gasteiger partial charge >= 0.3 is 0 Å². The third kappa shape index (κ3) is 5.05. The van der Waals surface area contributed by atoms with E-state index in [1.165, 1.54) is 29.2 Å². The number of aromatic nitrogens is 3. The number of sulfone groups is 1. The summed E-state index contributed by atoms with van der Waals surface area (Å²) in [5.74, 6) is 6.05. The van der Waals surface area contributed by atoms with Gasteiger partial charge in [-0.25, -0.2) is 18.4 Å². The lowest BCUT2D eigenvalue weighted by Gasteiger charge is -2.07. The van der Waals surface area contributed by atoms with E-state index in [4.69, 9.17) is 11.6 Å². The van der Waals surface area contributed by atoms with E-state index >= 15 is 0 Å². The number of rotatable bonds is 4. The van der Waals surface area contributed by atoms with Crippen molar-refractivity contribution in [1.82, 2.24) is 14.5 Å². The average molecular weight is 464 g/mol. The van der Waals surface area contributed by atoms with Crippen LogP contribution in [0.3, 0.4) is 0 Å². The van der Waals surface area contributed by atoms with E-state index in [1.807, 2.05) is 24.3 Å². The normalized spacial score (nSPS) is 11.2. The summed E-state index contributed by atoms with van der Waals surface area (Å²) in [5, 5.41) is 1.10. The van der Waals surface area contributed by atoms with Crippen LogP contribution in [0.5, 0.6) is 0 Å². The van der Waals surface area contributed by atoms with Crippen LogP contribution in [0.2, 0.25) is 5.02 Å². The summed E-state index contributed by atoms with van der Waals surface area (Å²) in [4.78, 5) is 21.8. The molecule has 0 bridgehead atoms. The van der Waals surface area contributed by atoms with Gasteiger partial charge in [0.1, 0.15) is 5.69 Å². The minimum absolute atomic E-state index is 0.217. The molecule has 160 valence electrons. The van der Waals surface area contributed by atoms with Crippen molar-refractivity contribution >= 4 is 32.3 Å². The monoisotopic (exact) mass is 463 g/mol. The minimum Gasteiger partial charge on any atom is -0.294 e. The number of hydrogen-bond acceptors (Lipinski definition) is 5. The molecule has 0 aliphatic carbocycles. The summed E-state index contributed by atoms with van der Waals surface area (Å²) in [6.07, 6.45) is 4.69. The molecule has 0 saturated heterocycles. The maximum atomic E-state index is 13.0. The maximum absolute atomic E-state index is 13.0. The molecule has 0 aliphatic heterocycles. The van der Waals surface area contributed by atoms with Gasteiger partial charge in [-0.15, -0.1) is 0 Å². The zero-order chi connectivity index (χ0) is 22.7. The second kappa shape index (κ2) is 8.95. The van der Waals surface area contributed by atoms with Crippen molar-refractivity contribution in [1.29, 1.82) is 0 Å². The Morgan fingerprint density at radius 2 is 1.69 bits per heavy atom. The van der Waals surface area contributed by atoms with Crippen LogP contribution in [0.1, 0.15) is 16.8 Å². The van der Waals surface area contributed by atoms with Gasteiger partial charge in [-0.3, -0.25) is 9.36 Å². The van der Waals surface area contributed by atoms with Crippen molar-refractivity contribution in [3.05, 3.63) is 99.3 Å². The molecule has 2 heterocycles. The van der Waals surface area contributed by atoms with Crippen LogP contribution >= 0.6 is 11.6 Å². The van der Waals surface area contributed by atoms with Crippen molar-refractivity contribution in [3.63, 3.8) is 0 Å². The summed E-state index contributed by atoms with van der Waals surface area (Å²) >= 11 is 5.89. The first-order chi connectivity index (χ1) is 15.3. The molecule has 0 saturated carbocycles. The average Bonchev–Trinajstić information content (AvgIpc) is 2.77. The zero-order valence-corrected chi connectivity index (χ0v) is 18.7. The Morgan fingerprint density at radius 1 is 1.00 bits per heavy atom. The van der Waals surface area contributed by atoms with Crippen LogP contribution in [0.25, 0.3) is 10.9 Å². The molecule has 0 spiro atoms. The smallest absolute Gasteiger partial charge is 0.261 e. The highest BCUT2D eigenvalue weighted by Gasteiger charge is 2.09. The topological polar surface area (TPSA) is 81.9 Å². The van der Waals surface area contributed by atoms with E-state index in [1.54, 1.807) is 18.2 Å². The molecule has 2 aromatic carbocycles. The fourth-order valence-corrected chi connectivity index (χ4v) is 3.88. The van der Waals surface area contributed by atoms with Crippen molar-refractivity contribution in [3.8, 4) is 11.8 Å². The van der Waals surface area contributed by atoms with Gasteiger partial charge in [0.05, 0.1) is 34.9 Å². The molecule has 0 N–H and O–H groups in total. The number of halogens is 1. The third-order valence-corrected chi connectivity index (χ3v) is 6.22. The SMILES string of the molecule is CS(=O)(=O)c1ccc(Cn2cnc3cnc(C#CCc4ccc(Cl)cc4)cc3c2=O)cc1. The van der Waals surface area contributed by atoms with Gasteiger partial charge in [-0.1, -0.05) is 41.8 Å². The second-order valence-electron chi connectivity index (χ2n) is 7.29. The van der Waals surface area contributed by atoms with Gasteiger partial charge in [-0.2, -0.15) is 0 Å². The van der Waals surface area contributed by atoms with Crippen LogP contribution in [0.15, 0.2) is 76.8 Å². The van der Waals surface area contributed by atoms with Crippen molar-refractivity contribution < 1.29 is 8.42 Å². The first-order valence-electron chi connectivity index (χ1n) is 9.67. The van der Waals surface area contributed by atoms with Gasteiger partial charge in [0.15, 0.2) is 9.84 Å². The molecule has 0 atom stereocenters. The fraction of sp³-hybridized carbons (Fsp3) is 0.125. The lowest BCUT2D eigenvalue weighted by molar-refractivity contribution is 0.602. The molecule has 4 aromatic rings. The minimum atomic E-state index is -3.27. The second-order valence-corrected chi connectivity index (χ2v) is 9.74. The largest absolute Gasteiger partial charge is 0.294 e. The third-order valence-electron chi connectivity index (χ3n) is 4.84. The van der Waals surface area contributed by atoms with E-state index in [2.05, 4.69) is 21.8 Å². The highest BCUT2D eigenvalue weighted by atomic mass is 35.5. The fourth-order valence-electron chi connectivity index (χ4n) is 3.12. The van der Waals surface area contributed by atoms with Gasteiger partial charge in [0.2, 0.25) is 0 Å². The Hall–Kier alpha value is -3.47. The van der Waals surface area contributed by atoms with Crippen molar-refractivity contribution in [2.24, 2.45) is 0 Å². The molecule has 0 aliphatic rings. The van der Waals surface area contributed by atoms with E-state index < -0.39 is 9.84 Å². The molecule has 8 heteroatoms. The van der Waals surface area contributed by atoms with E-state index in [-0.39, 0.29) is 17.0 Å². The molecule has 0 unspecified atom stereocenters. The lowest BCUT2D eigenvalue weighted by atomic mass is 10.1. The molecule has 0 amide bonds. The Bertz CT molecular complexity index is 1520. The molecule has 32 heavy (non-hydrogen) atoms. The molecule has 2 aromatic heterocycles. The number of hydrogen-bond donors (Lipinski definition) is 0. The molecule has 0 fully saturated rings. The predicted molar refractivity (Wildman–Crippen MR) is 124 cm³/mol. The molecular formula is C24H18ClN3O3S. The van der Waals surface area contributed by atoms with Crippen LogP contribution in [0.4, 0.5) is 0 Å². The summed E-state index contributed by atoms with van der Waals surface area (Å²) in [6, 6.07) is 15.5. The van der Waals surface area contributed by atoms with Crippen LogP contribution in [0, 0.1) is 11.8 Å². The number of nitrogens with zero attached hydrogens (tertiary/aromatic N) is 3. The van der Waals surface area contributed by atoms with Crippen LogP contribution in [-0.4, -0.2) is 29.2 Å². The van der Waals surface area contributed by atoms with Crippen LogP contribution < -0.4 is 5.56 Å². The highest BCUT2D eigenvalue weighted by molar-refractivity contribution is 7.90. The quantitative estimate of drug-likeness (QED) is 0.433. The molecule has 0 radical (unpaired) electrons. The maximum Gasteiger partial charge on any atom is 0.261 e. The zero-order valence-electron chi connectivity index (χ0n) is 17.1. The van der Waals surface area contributed by atoms with Gasteiger partial charge < -0.3 is 0 Å². The lowest BCUT2D eigenvalue weighted by Crippen LogP contribution is -2.21.